The molecule has 0 spiro atoms. The van der Waals surface area contributed by atoms with Crippen LogP contribution in [0.3, 0.4) is 0 Å². The Morgan fingerprint density at radius 1 is 0.833 bits per heavy atom. The van der Waals surface area contributed by atoms with E-state index in [9.17, 15) is 0 Å². The minimum atomic E-state index is 0.126. The number of nitrogens with zero attached hydrogens (tertiary/aromatic N) is 1. The van der Waals surface area contributed by atoms with Gasteiger partial charge < -0.3 is 5.73 Å². The van der Waals surface area contributed by atoms with Crippen molar-refractivity contribution in [3.05, 3.63) is 102 Å². The average Bonchev–Trinajstić information content (AvgIpc) is 2.61. The fourth-order valence-electron chi connectivity index (χ4n) is 2.56. The summed E-state index contributed by atoms with van der Waals surface area (Å²) in [6, 6.07) is 28.9. The maximum Gasteiger partial charge on any atom is 0.160 e. The molecule has 0 saturated carbocycles. The third kappa shape index (κ3) is 4.27. The second-order valence-electron chi connectivity index (χ2n) is 5.61. The van der Waals surface area contributed by atoms with E-state index in [2.05, 4.69) is 66.5 Å². The van der Waals surface area contributed by atoms with Gasteiger partial charge in [0.05, 0.1) is 10.9 Å². The molecule has 2 N–H and O–H groups in total. The van der Waals surface area contributed by atoms with E-state index in [0.717, 1.165) is 5.69 Å². The smallest absolute Gasteiger partial charge is 0.160 e. The van der Waals surface area contributed by atoms with Crippen LogP contribution in [0.15, 0.2) is 89.9 Å². The molecule has 0 heterocycles. The van der Waals surface area contributed by atoms with Gasteiger partial charge in [0.15, 0.2) is 5.17 Å². The molecule has 0 unspecified atom stereocenters. The predicted molar refractivity (Wildman–Crippen MR) is 105 cm³/mol. The second kappa shape index (κ2) is 7.84. The Hall–Kier alpha value is -2.52. The van der Waals surface area contributed by atoms with Gasteiger partial charge in [0.25, 0.3) is 0 Å². The average molecular weight is 332 g/mol. The van der Waals surface area contributed by atoms with Crippen LogP contribution in [0.2, 0.25) is 0 Å². The summed E-state index contributed by atoms with van der Waals surface area (Å²) < 4.78 is 0. The maximum atomic E-state index is 6.24. The van der Waals surface area contributed by atoms with Crippen molar-refractivity contribution in [3.63, 3.8) is 0 Å². The van der Waals surface area contributed by atoms with Crippen LogP contribution in [0.4, 0.5) is 5.69 Å². The van der Waals surface area contributed by atoms with Gasteiger partial charge in [-0.3, -0.25) is 0 Å². The summed E-state index contributed by atoms with van der Waals surface area (Å²) >= 11 is 1.58. The van der Waals surface area contributed by atoms with Gasteiger partial charge >= 0.3 is 0 Å². The van der Waals surface area contributed by atoms with Crippen molar-refractivity contribution in [2.75, 3.05) is 0 Å². The van der Waals surface area contributed by atoms with Crippen LogP contribution >= 0.6 is 11.8 Å². The maximum absolute atomic E-state index is 6.24. The van der Waals surface area contributed by atoms with Crippen LogP contribution in [-0.2, 0) is 0 Å². The Bertz CT molecular complexity index is 774. The number of aryl methyl sites for hydroxylation is 1. The van der Waals surface area contributed by atoms with Crippen molar-refractivity contribution in [2.45, 2.75) is 12.2 Å². The molecule has 0 amide bonds. The summed E-state index contributed by atoms with van der Waals surface area (Å²) in [5.74, 6) is 0. The van der Waals surface area contributed by atoms with E-state index < -0.39 is 0 Å². The van der Waals surface area contributed by atoms with Gasteiger partial charge in [0.2, 0.25) is 0 Å². The lowest BCUT2D eigenvalue weighted by Crippen LogP contribution is -2.10. The third-order valence-corrected chi connectivity index (χ3v) is 4.80. The van der Waals surface area contributed by atoms with Crippen molar-refractivity contribution in [1.29, 1.82) is 0 Å². The first-order valence-electron chi connectivity index (χ1n) is 7.90. The van der Waals surface area contributed by atoms with Crippen LogP contribution in [0.5, 0.6) is 0 Å². The summed E-state index contributed by atoms with van der Waals surface area (Å²) in [6.45, 7) is 2.05. The van der Waals surface area contributed by atoms with E-state index in [4.69, 9.17) is 5.73 Å². The summed E-state index contributed by atoms with van der Waals surface area (Å²) in [7, 11) is 0. The van der Waals surface area contributed by atoms with E-state index in [1.807, 2.05) is 30.3 Å². The summed E-state index contributed by atoms with van der Waals surface area (Å²) in [5, 5.41) is 0.694. The predicted octanol–water partition coefficient (Wildman–Crippen LogP) is 5.46. The van der Waals surface area contributed by atoms with Gasteiger partial charge in [-0.05, 0) is 35.7 Å². The molecule has 2 nitrogen and oxygen atoms in total. The molecular formula is C21H20N2S. The van der Waals surface area contributed by atoms with Crippen molar-refractivity contribution >= 4 is 22.6 Å². The number of nitrogens with two attached hydrogens (primary N) is 1. The minimum Gasteiger partial charge on any atom is -0.378 e. The molecule has 3 aromatic carbocycles. The zero-order valence-electron chi connectivity index (χ0n) is 13.6. The molecule has 3 heteroatoms. The number of benzene rings is 3. The number of hydrogen-bond acceptors (Lipinski definition) is 2. The second-order valence-corrected chi connectivity index (χ2v) is 6.73. The van der Waals surface area contributed by atoms with Crippen LogP contribution in [-0.4, -0.2) is 5.17 Å². The topological polar surface area (TPSA) is 38.4 Å². The van der Waals surface area contributed by atoms with Crippen molar-refractivity contribution in [1.82, 2.24) is 0 Å². The highest BCUT2D eigenvalue weighted by molar-refractivity contribution is 8.14. The van der Waals surface area contributed by atoms with E-state index >= 15 is 0 Å². The van der Waals surface area contributed by atoms with Gasteiger partial charge in [-0.2, -0.15) is 0 Å². The van der Waals surface area contributed by atoms with Gasteiger partial charge in [0, 0.05) is 0 Å². The lowest BCUT2D eigenvalue weighted by atomic mass is 10.0. The molecule has 3 aromatic rings. The number of thioether (sulfide) groups is 1. The molecular weight excluding hydrogens is 312 g/mol. The van der Waals surface area contributed by atoms with Gasteiger partial charge in [-0.1, -0.05) is 84.6 Å². The fraction of sp³-hybridized carbons (Fsp3) is 0.0952. The van der Waals surface area contributed by atoms with Crippen LogP contribution in [0.25, 0.3) is 0 Å². The molecule has 0 fully saturated rings. The van der Waals surface area contributed by atoms with Gasteiger partial charge in [-0.25, -0.2) is 4.99 Å². The first-order chi connectivity index (χ1) is 11.7. The Morgan fingerprint density at radius 2 is 1.42 bits per heavy atom. The molecule has 24 heavy (non-hydrogen) atoms. The highest BCUT2D eigenvalue weighted by atomic mass is 32.2. The van der Waals surface area contributed by atoms with E-state index in [1.165, 1.54) is 16.7 Å². The lowest BCUT2D eigenvalue weighted by Gasteiger charge is -2.17. The monoisotopic (exact) mass is 332 g/mol. The summed E-state index contributed by atoms with van der Waals surface area (Å²) in [5.41, 5.74) is 10.7. The molecule has 0 aliphatic heterocycles. The number of hydrogen-bond donors (Lipinski definition) is 1. The zero-order valence-corrected chi connectivity index (χ0v) is 14.4. The minimum absolute atomic E-state index is 0.126. The van der Waals surface area contributed by atoms with Crippen molar-refractivity contribution < 1.29 is 0 Å². The Morgan fingerprint density at radius 3 is 1.96 bits per heavy atom. The Labute approximate surface area is 147 Å². The van der Waals surface area contributed by atoms with E-state index in [0.29, 0.717) is 5.17 Å². The highest BCUT2D eigenvalue weighted by Gasteiger charge is 2.16. The fourth-order valence-corrected chi connectivity index (χ4v) is 3.54. The molecule has 0 aliphatic rings. The molecule has 0 atom stereocenters. The molecule has 120 valence electrons. The quantitative estimate of drug-likeness (QED) is 0.508. The largest absolute Gasteiger partial charge is 0.378 e. The number of amidine groups is 1. The zero-order chi connectivity index (χ0) is 16.8. The van der Waals surface area contributed by atoms with E-state index in [1.54, 1.807) is 11.8 Å². The van der Waals surface area contributed by atoms with Crippen LogP contribution in [0.1, 0.15) is 21.9 Å². The molecule has 0 saturated heterocycles. The van der Waals surface area contributed by atoms with Crippen LogP contribution in [0, 0.1) is 6.92 Å². The molecule has 0 radical (unpaired) electrons. The van der Waals surface area contributed by atoms with Crippen molar-refractivity contribution in [2.24, 2.45) is 10.7 Å². The van der Waals surface area contributed by atoms with Crippen LogP contribution < -0.4 is 5.73 Å². The number of aliphatic imine (C=N–C) groups is 1. The first kappa shape index (κ1) is 16.3. The van der Waals surface area contributed by atoms with Crippen molar-refractivity contribution in [3.8, 4) is 0 Å². The molecule has 0 bridgehead atoms. The summed E-state index contributed by atoms with van der Waals surface area (Å²) in [4.78, 5) is 4.57. The first-order valence-corrected chi connectivity index (χ1v) is 8.78. The lowest BCUT2D eigenvalue weighted by molar-refractivity contribution is 1.16. The normalized spacial score (nSPS) is 11.7. The standard InChI is InChI=1S/C21H20N2S/c1-16-9-8-14-19(15-16)23-21(22)24-20(17-10-4-2-5-11-17)18-12-6-3-7-13-18/h2-15,20H,1H3,(H2,22,23). The third-order valence-electron chi connectivity index (χ3n) is 3.68. The number of rotatable bonds is 4. The molecule has 0 aliphatic carbocycles. The van der Waals surface area contributed by atoms with Gasteiger partial charge in [-0.15, -0.1) is 0 Å². The molecule has 3 rings (SSSR count). The summed E-state index contributed by atoms with van der Waals surface area (Å²) in [6.07, 6.45) is 0. The Kier molecular flexibility index (Phi) is 5.34. The SMILES string of the molecule is Cc1cccc(N=C(N)SC(c2ccccc2)c2ccccc2)c1. The van der Waals surface area contributed by atoms with E-state index in [-0.39, 0.29) is 5.25 Å². The van der Waals surface area contributed by atoms with Gasteiger partial charge in [0.1, 0.15) is 0 Å². The molecule has 0 aromatic heterocycles. The highest BCUT2D eigenvalue weighted by Crippen LogP contribution is 2.36. The Balaban J connectivity index is 1.89.